The van der Waals surface area contributed by atoms with Gasteiger partial charge in [0.15, 0.2) is 0 Å². The number of halogens is 2. The largest absolute Gasteiger partial charge is 0.383 e. The third-order valence-electron chi connectivity index (χ3n) is 1.97. The topological polar surface area (TPSA) is 50.4 Å². The van der Waals surface area contributed by atoms with Gasteiger partial charge in [-0.1, -0.05) is 23.2 Å². The highest BCUT2D eigenvalue weighted by molar-refractivity contribution is 6.36. The summed E-state index contributed by atoms with van der Waals surface area (Å²) in [5, 5.41) is 6.25. The third kappa shape index (κ3) is 4.81. The molecule has 94 valence electrons. The smallest absolute Gasteiger partial charge is 0.319 e. The maximum absolute atomic E-state index is 11.6. The zero-order valence-electron chi connectivity index (χ0n) is 9.59. The second kappa shape index (κ2) is 6.69. The van der Waals surface area contributed by atoms with Crippen LogP contribution in [0.4, 0.5) is 10.5 Å². The van der Waals surface area contributed by atoms with Crippen LogP contribution in [0.5, 0.6) is 0 Å². The molecule has 4 nitrogen and oxygen atoms in total. The fourth-order valence-electron chi connectivity index (χ4n) is 1.26. The number of methoxy groups -OCH3 is 1. The Morgan fingerprint density at radius 2 is 2.18 bits per heavy atom. The summed E-state index contributed by atoms with van der Waals surface area (Å²) >= 11 is 11.7. The predicted molar refractivity (Wildman–Crippen MR) is 70.0 cm³/mol. The minimum absolute atomic E-state index is 0.0777. The van der Waals surface area contributed by atoms with E-state index in [0.717, 1.165) is 0 Å². The van der Waals surface area contributed by atoms with E-state index in [1.807, 2.05) is 6.92 Å². The lowest BCUT2D eigenvalue weighted by Gasteiger charge is -2.14. The molecule has 0 bridgehead atoms. The molecule has 0 spiro atoms. The molecule has 0 aliphatic heterocycles. The number of carbonyl (C=O) groups excluding carboxylic acids is 1. The van der Waals surface area contributed by atoms with E-state index >= 15 is 0 Å². The lowest BCUT2D eigenvalue weighted by Crippen LogP contribution is -2.38. The summed E-state index contributed by atoms with van der Waals surface area (Å²) < 4.78 is 4.91. The molecule has 0 saturated heterocycles. The fourth-order valence-corrected chi connectivity index (χ4v) is 1.72. The molecule has 1 unspecified atom stereocenters. The molecule has 1 aromatic rings. The van der Waals surface area contributed by atoms with E-state index in [0.29, 0.717) is 22.3 Å². The van der Waals surface area contributed by atoms with E-state index in [-0.39, 0.29) is 12.1 Å². The third-order valence-corrected chi connectivity index (χ3v) is 2.52. The number of anilines is 1. The van der Waals surface area contributed by atoms with E-state index in [1.165, 1.54) is 0 Å². The summed E-state index contributed by atoms with van der Waals surface area (Å²) in [4.78, 5) is 11.6. The molecule has 1 rings (SSSR count). The van der Waals surface area contributed by atoms with Gasteiger partial charge in [0.1, 0.15) is 0 Å². The molecule has 1 aromatic carbocycles. The van der Waals surface area contributed by atoms with E-state index in [9.17, 15) is 4.79 Å². The number of hydrogen-bond acceptors (Lipinski definition) is 2. The second-order valence-corrected chi connectivity index (χ2v) is 4.42. The Hall–Kier alpha value is -0.970. The highest BCUT2D eigenvalue weighted by Gasteiger charge is 2.09. The molecule has 0 aliphatic carbocycles. The van der Waals surface area contributed by atoms with Gasteiger partial charge >= 0.3 is 6.03 Å². The first-order valence-corrected chi connectivity index (χ1v) is 5.80. The van der Waals surface area contributed by atoms with Gasteiger partial charge in [0.05, 0.1) is 23.4 Å². The van der Waals surface area contributed by atoms with Crippen molar-refractivity contribution < 1.29 is 9.53 Å². The van der Waals surface area contributed by atoms with Crippen molar-refractivity contribution in [2.24, 2.45) is 0 Å². The zero-order valence-corrected chi connectivity index (χ0v) is 11.1. The van der Waals surface area contributed by atoms with Gasteiger partial charge in [-0.25, -0.2) is 4.79 Å². The van der Waals surface area contributed by atoms with Crippen LogP contribution < -0.4 is 10.6 Å². The molecule has 0 heterocycles. The summed E-state index contributed by atoms with van der Waals surface area (Å²) in [7, 11) is 1.58. The molecule has 2 amide bonds. The van der Waals surface area contributed by atoms with Crippen LogP contribution >= 0.6 is 23.2 Å². The summed E-state index contributed by atoms with van der Waals surface area (Å²) in [6, 6.07) is 4.45. The predicted octanol–water partition coefficient (Wildman–Crippen LogP) is 3.15. The van der Waals surface area contributed by atoms with Gasteiger partial charge in [0.25, 0.3) is 0 Å². The quantitative estimate of drug-likeness (QED) is 0.888. The van der Waals surface area contributed by atoms with E-state index in [4.69, 9.17) is 27.9 Å². The number of urea groups is 1. The molecule has 0 aromatic heterocycles. The normalized spacial score (nSPS) is 12.0. The number of carbonyl (C=O) groups is 1. The summed E-state index contributed by atoms with van der Waals surface area (Å²) in [5.74, 6) is 0. The van der Waals surface area contributed by atoms with Gasteiger partial charge in [0, 0.05) is 12.1 Å². The molecule has 17 heavy (non-hydrogen) atoms. The molecule has 0 saturated carbocycles. The van der Waals surface area contributed by atoms with Crippen molar-refractivity contribution in [3.8, 4) is 0 Å². The van der Waals surface area contributed by atoms with Crippen molar-refractivity contribution in [2.75, 3.05) is 19.0 Å². The van der Waals surface area contributed by atoms with Crippen molar-refractivity contribution in [1.29, 1.82) is 0 Å². The zero-order chi connectivity index (χ0) is 12.8. The number of nitrogens with one attached hydrogen (secondary N) is 2. The van der Waals surface area contributed by atoms with Gasteiger partial charge in [-0.05, 0) is 25.1 Å². The van der Waals surface area contributed by atoms with E-state index < -0.39 is 0 Å². The Bertz CT molecular complexity index is 399. The summed E-state index contributed by atoms with van der Waals surface area (Å²) in [6.45, 7) is 2.29. The average Bonchev–Trinajstić information content (AvgIpc) is 2.22. The number of hydrogen-bond donors (Lipinski definition) is 2. The molecular formula is C11H14Cl2N2O2. The van der Waals surface area contributed by atoms with Crippen molar-refractivity contribution >= 4 is 34.9 Å². The summed E-state index contributed by atoms with van der Waals surface area (Å²) in [5.41, 5.74) is 0.512. The van der Waals surface area contributed by atoms with Gasteiger partial charge in [-0.3, -0.25) is 0 Å². The molecular weight excluding hydrogens is 263 g/mol. The van der Waals surface area contributed by atoms with Gasteiger partial charge < -0.3 is 15.4 Å². The second-order valence-electron chi connectivity index (χ2n) is 3.58. The van der Waals surface area contributed by atoms with E-state index in [1.54, 1.807) is 25.3 Å². The number of ether oxygens (including phenoxy) is 1. The van der Waals surface area contributed by atoms with Gasteiger partial charge in [0.2, 0.25) is 0 Å². The maximum Gasteiger partial charge on any atom is 0.319 e. The first-order valence-electron chi connectivity index (χ1n) is 5.04. The SMILES string of the molecule is COCC(C)NC(=O)Nc1ccc(Cl)cc1Cl. The van der Waals surface area contributed by atoms with Crippen molar-refractivity contribution in [3.63, 3.8) is 0 Å². The monoisotopic (exact) mass is 276 g/mol. The van der Waals surface area contributed by atoms with Crippen LogP contribution in [-0.4, -0.2) is 25.8 Å². The van der Waals surface area contributed by atoms with Crippen LogP contribution in [0.1, 0.15) is 6.92 Å². The first kappa shape index (κ1) is 14.1. The minimum atomic E-state index is -0.334. The minimum Gasteiger partial charge on any atom is -0.383 e. The number of rotatable bonds is 4. The average molecular weight is 277 g/mol. The summed E-state index contributed by atoms with van der Waals surface area (Å²) in [6.07, 6.45) is 0. The Labute approximate surface area is 110 Å². The van der Waals surface area contributed by atoms with Crippen LogP contribution in [-0.2, 0) is 4.74 Å². The van der Waals surface area contributed by atoms with E-state index in [2.05, 4.69) is 10.6 Å². The van der Waals surface area contributed by atoms with Crippen LogP contribution in [0, 0.1) is 0 Å². The number of benzene rings is 1. The Kier molecular flexibility index (Phi) is 5.55. The van der Waals surface area contributed by atoms with Crippen LogP contribution in [0.25, 0.3) is 0 Å². The standard InChI is InChI=1S/C11H14Cl2N2O2/c1-7(6-17-2)14-11(16)15-10-4-3-8(12)5-9(10)13/h3-5,7H,6H2,1-2H3,(H2,14,15,16). The molecule has 0 radical (unpaired) electrons. The lowest BCUT2D eigenvalue weighted by molar-refractivity contribution is 0.173. The first-order chi connectivity index (χ1) is 8.02. The van der Waals surface area contributed by atoms with Crippen LogP contribution in [0.15, 0.2) is 18.2 Å². The molecule has 0 aliphatic rings. The fraction of sp³-hybridized carbons (Fsp3) is 0.364. The Morgan fingerprint density at radius 3 is 2.76 bits per heavy atom. The number of amides is 2. The maximum atomic E-state index is 11.6. The van der Waals surface area contributed by atoms with Crippen LogP contribution in [0.2, 0.25) is 10.0 Å². The lowest BCUT2D eigenvalue weighted by atomic mass is 10.3. The molecule has 2 N–H and O–H groups in total. The molecule has 0 fully saturated rings. The van der Waals surface area contributed by atoms with Crippen molar-refractivity contribution in [1.82, 2.24) is 5.32 Å². The highest BCUT2D eigenvalue weighted by atomic mass is 35.5. The van der Waals surface area contributed by atoms with Gasteiger partial charge in [-0.2, -0.15) is 0 Å². The Morgan fingerprint density at radius 1 is 1.47 bits per heavy atom. The molecule has 6 heteroatoms. The van der Waals surface area contributed by atoms with Crippen molar-refractivity contribution in [2.45, 2.75) is 13.0 Å². The van der Waals surface area contributed by atoms with Gasteiger partial charge in [-0.15, -0.1) is 0 Å². The Balaban J connectivity index is 2.56. The molecule has 1 atom stereocenters. The highest BCUT2D eigenvalue weighted by Crippen LogP contribution is 2.25. The van der Waals surface area contributed by atoms with Crippen LogP contribution in [0.3, 0.4) is 0 Å². The van der Waals surface area contributed by atoms with Crippen molar-refractivity contribution in [3.05, 3.63) is 28.2 Å².